The van der Waals surface area contributed by atoms with Crippen LogP contribution in [-0.4, -0.2) is 42.6 Å². The third kappa shape index (κ3) is 4.92. The molecule has 1 aliphatic heterocycles. The summed E-state index contributed by atoms with van der Waals surface area (Å²) in [6.07, 6.45) is 26.9. The van der Waals surface area contributed by atoms with Crippen molar-refractivity contribution in [2.45, 2.75) is 132 Å². The standard InChI is InChI=1S/C24H44O2P/c1-4-11-21(12-5-1)27(22-13-6-2-7-14-22,23-15-8-3-9-16-23)20-17-24-25-18-10-19-26-24/h21-24H,1-20H2/q+1. The van der Waals surface area contributed by atoms with Crippen molar-refractivity contribution in [2.24, 2.45) is 0 Å². The summed E-state index contributed by atoms with van der Waals surface area (Å²) in [4.78, 5) is 0. The Morgan fingerprint density at radius 1 is 0.519 bits per heavy atom. The topological polar surface area (TPSA) is 18.5 Å². The molecule has 0 spiro atoms. The van der Waals surface area contributed by atoms with Gasteiger partial charge in [-0.1, -0.05) is 19.3 Å². The van der Waals surface area contributed by atoms with Crippen molar-refractivity contribution in [3.05, 3.63) is 0 Å². The first-order valence-electron chi connectivity index (χ1n) is 12.5. The summed E-state index contributed by atoms with van der Waals surface area (Å²) in [7, 11) is -0.949. The summed E-state index contributed by atoms with van der Waals surface area (Å²) in [5.41, 5.74) is 3.29. The average Bonchev–Trinajstić information content (AvgIpc) is 2.77. The van der Waals surface area contributed by atoms with Gasteiger partial charge in [-0.2, -0.15) is 0 Å². The molecule has 0 aromatic heterocycles. The predicted octanol–water partition coefficient (Wildman–Crippen LogP) is 7.16. The van der Waals surface area contributed by atoms with Gasteiger partial charge in [0.25, 0.3) is 0 Å². The van der Waals surface area contributed by atoms with Crippen molar-refractivity contribution in [3.8, 4) is 0 Å². The third-order valence-corrected chi connectivity index (χ3v) is 15.1. The van der Waals surface area contributed by atoms with E-state index >= 15 is 0 Å². The van der Waals surface area contributed by atoms with Gasteiger partial charge in [-0.25, -0.2) is 0 Å². The highest BCUT2D eigenvalue weighted by Gasteiger charge is 2.56. The first-order chi connectivity index (χ1) is 13.4. The quantitative estimate of drug-likeness (QED) is 0.444. The van der Waals surface area contributed by atoms with Crippen molar-refractivity contribution >= 4 is 7.26 Å². The maximum absolute atomic E-state index is 6.03. The fourth-order valence-corrected chi connectivity index (χ4v) is 14.7. The first kappa shape index (κ1) is 20.6. The predicted molar refractivity (Wildman–Crippen MR) is 117 cm³/mol. The van der Waals surface area contributed by atoms with Gasteiger partial charge in [0.15, 0.2) is 6.29 Å². The molecule has 4 aliphatic rings. The lowest BCUT2D eigenvalue weighted by Gasteiger charge is -2.49. The van der Waals surface area contributed by atoms with Crippen molar-refractivity contribution in [3.63, 3.8) is 0 Å². The van der Waals surface area contributed by atoms with Crippen molar-refractivity contribution in [1.29, 1.82) is 0 Å². The van der Waals surface area contributed by atoms with E-state index in [2.05, 4.69) is 0 Å². The molecule has 0 aromatic rings. The molecule has 0 amide bonds. The number of ether oxygens (including phenoxy) is 2. The molecule has 0 aromatic carbocycles. The second-order valence-corrected chi connectivity index (χ2v) is 14.5. The summed E-state index contributed by atoms with van der Waals surface area (Å²) in [6.45, 7) is 1.85. The second kappa shape index (κ2) is 10.4. The van der Waals surface area contributed by atoms with E-state index in [9.17, 15) is 0 Å². The summed E-state index contributed by atoms with van der Waals surface area (Å²) in [5, 5.41) is 0. The van der Waals surface area contributed by atoms with E-state index in [0.29, 0.717) is 0 Å². The van der Waals surface area contributed by atoms with Crippen LogP contribution in [0.4, 0.5) is 0 Å². The zero-order valence-electron chi connectivity index (χ0n) is 17.7. The Labute approximate surface area is 168 Å². The molecule has 1 heterocycles. The highest BCUT2D eigenvalue weighted by Crippen LogP contribution is 2.77. The molecule has 4 rings (SSSR count). The van der Waals surface area contributed by atoms with Gasteiger partial charge in [-0.15, -0.1) is 0 Å². The Kier molecular flexibility index (Phi) is 7.94. The minimum atomic E-state index is -0.949. The molecule has 1 saturated heterocycles. The Hall–Kier alpha value is 0.350. The summed E-state index contributed by atoms with van der Waals surface area (Å²) < 4.78 is 12.1. The van der Waals surface area contributed by atoms with Crippen LogP contribution >= 0.6 is 7.26 Å². The summed E-state index contributed by atoms with van der Waals surface area (Å²) >= 11 is 0. The number of hydrogen-bond acceptors (Lipinski definition) is 2. The zero-order valence-corrected chi connectivity index (χ0v) is 18.6. The van der Waals surface area contributed by atoms with Gasteiger partial charge < -0.3 is 9.47 Å². The number of hydrogen-bond donors (Lipinski definition) is 0. The van der Waals surface area contributed by atoms with E-state index in [-0.39, 0.29) is 6.29 Å². The molecule has 0 bridgehead atoms. The van der Waals surface area contributed by atoms with E-state index < -0.39 is 7.26 Å². The lowest BCUT2D eigenvalue weighted by molar-refractivity contribution is -0.178. The molecular formula is C24H44O2P+. The Balaban J connectivity index is 1.58. The van der Waals surface area contributed by atoms with Crippen LogP contribution < -0.4 is 0 Å². The van der Waals surface area contributed by atoms with Crippen LogP contribution in [0.3, 0.4) is 0 Å². The van der Waals surface area contributed by atoms with Gasteiger partial charge in [-0.3, -0.25) is 0 Å². The van der Waals surface area contributed by atoms with E-state index in [4.69, 9.17) is 9.47 Å². The molecule has 156 valence electrons. The molecule has 0 radical (unpaired) electrons. The maximum atomic E-state index is 6.03. The summed E-state index contributed by atoms with van der Waals surface area (Å²) in [5.74, 6) is 0. The maximum Gasteiger partial charge on any atom is 0.161 e. The van der Waals surface area contributed by atoms with Crippen molar-refractivity contribution in [2.75, 3.05) is 19.4 Å². The van der Waals surface area contributed by atoms with Crippen LogP contribution in [0.1, 0.15) is 109 Å². The second-order valence-electron chi connectivity index (χ2n) is 9.91. The van der Waals surface area contributed by atoms with Crippen molar-refractivity contribution < 1.29 is 9.47 Å². The molecule has 0 atom stereocenters. The molecule has 27 heavy (non-hydrogen) atoms. The van der Waals surface area contributed by atoms with E-state index in [1.54, 1.807) is 38.5 Å². The molecule has 0 N–H and O–H groups in total. The highest BCUT2D eigenvalue weighted by atomic mass is 31.2. The van der Waals surface area contributed by atoms with Gasteiger partial charge in [0, 0.05) is 13.7 Å². The van der Waals surface area contributed by atoms with Crippen LogP contribution in [0.5, 0.6) is 0 Å². The van der Waals surface area contributed by atoms with Gasteiger partial charge in [0.05, 0.1) is 36.4 Å². The molecule has 3 heteroatoms. The van der Waals surface area contributed by atoms with Crippen molar-refractivity contribution in [1.82, 2.24) is 0 Å². The van der Waals surface area contributed by atoms with E-state index in [1.807, 2.05) is 0 Å². The minimum absolute atomic E-state index is 0.119. The molecule has 4 fully saturated rings. The first-order valence-corrected chi connectivity index (χ1v) is 14.7. The summed E-state index contributed by atoms with van der Waals surface area (Å²) in [6, 6.07) is 0. The highest BCUT2D eigenvalue weighted by molar-refractivity contribution is 7.77. The number of rotatable bonds is 6. The molecule has 3 aliphatic carbocycles. The van der Waals surface area contributed by atoms with E-state index in [0.717, 1.165) is 36.6 Å². The molecule has 2 nitrogen and oxygen atoms in total. The van der Waals surface area contributed by atoms with Gasteiger partial charge >= 0.3 is 0 Å². The van der Waals surface area contributed by atoms with Crippen LogP contribution in [0.25, 0.3) is 0 Å². The largest absolute Gasteiger partial charge is 0.352 e. The van der Waals surface area contributed by atoms with Gasteiger partial charge in [0.1, 0.15) is 0 Å². The van der Waals surface area contributed by atoms with Crippen LogP contribution in [0.2, 0.25) is 0 Å². The Morgan fingerprint density at radius 3 is 1.33 bits per heavy atom. The lowest BCUT2D eigenvalue weighted by atomic mass is 9.99. The lowest BCUT2D eigenvalue weighted by Crippen LogP contribution is -2.39. The normalized spacial score (nSPS) is 28.4. The van der Waals surface area contributed by atoms with Gasteiger partial charge in [0.2, 0.25) is 0 Å². The van der Waals surface area contributed by atoms with Gasteiger partial charge in [-0.05, 0) is 83.5 Å². The Morgan fingerprint density at radius 2 is 0.926 bits per heavy atom. The third-order valence-electron chi connectivity index (χ3n) is 8.41. The molecule has 3 saturated carbocycles. The average molecular weight is 396 g/mol. The van der Waals surface area contributed by atoms with Crippen LogP contribution in [0, 0.1) is 0 Å². The SMILES string of the molecule is C1CCC([P+](CCC2OCCCO2)(C2CCCCC2)C2CCCCC2)CC1. The van der Waals surface area contributed by atoms with Crippen LogP contribution in [-0.2, 0) is 9.47 Å². The smallest absolute Gasteiger partial charge is 0.161 e. The van der Waals surface area contributed by atoms with Crippen LogP contribution in [0.15, 0.2) is 0 Å². The monoisotopic (exact) mass is 395 g/mol. The molecular weight excluding hydrogens is 351 g/mol. The minimum Gasteiger partial charge on any atom is -0.352 e. The fourth-order valence-electron chi connectivity index (χ4n) is 7.16. The Bertz CT molecular complexity index is 371. The van der Waals surface area contributed by atoms with E-state index in [1.165, 1.54) is 70.4 Å². The fraction of sp³-hybridized carbons (Fsp3) is 1.00. The molecule has 0 unspecified atom stereocenters. The zero-order chi connectivity index (χ0) is 18.4.